The van der Waals surface area contributed by atoms with Crippen molar-refractivity contribution in [3.8, 4) is 0 Å². The highest BCUT2D eigenvalue weighted by Crippen LogP contribution is 2.14. The second kappa shape index (κ2) is 6.75. The van der Waals surface area contributed by atoms with Crippen molar-refractivity contribution in [2.24, 2.45) is 7.05 Å². The quantitative estimate of drug-likeness (QED) is 0.425. The first kappa shape index (κ1) is 14.2. The van der Waals surface area contributed by atoms with Crippen molar-refractivity contribution < 1.29 is 9.72 Å². The van der Waals surface area contributed by atoms with E-state index in [1.807, 2.05) is 6.92 Å². The lowest BCUT2D eigenvalue weighted by Crippen LogP contribution is -2.28. The molecule has 0 bridgehead atoms. The van der Waals surface area contributed by atoms with E-state index in [9.17, 15) is 14.9 Å². The van der Waals surface area contributed by atoms with E-state index in [0.29, 0.717) is 12.2 Å². The molecule has 7 heteroatoms. The summed E-state index contributed by atoms with van der Waals surface area (Å²) >= 11 is 0. The van der Waals surface area contributed by atoms with Crippen LogP contribution in [0.15, 0.2) is 12.1 Å². The Balaban J connectivity index is 2.49. The van der Waals surface area contributed by atoms with Crippen LogP contribution in [-0.4, -0.2) is 35.0 Å². The van der Waals surface area contributed by atoms with E-state index in [0.717, 1.165) is 19.5 Å². The monoisotopic (exact) mass is 254 g/mol. The zero-order chi connectivity index (χ0) is 13.5. The highest BCUT2D eigenvalue weighted by molar-refractivity contribution is 5.93. The minimum absolute atomic E-state index is 0.0900. The second-order valence-corrected chi connectivity index (χ2v) is 3.86. The number of carbonyl (C=O) groups excluding carboxylic acids is 1. The summed E-state index contributed by atoms with van der Waals surface area (Å²) in [5.41, 5.74) is 0.296. The number of nitro groups is 1. The van der Waals surface area contributed by atoms with Gasteiger partial charge in [0.1, 0.15) is 0 Å². The molecule has 0 saturated heterocycles. The van der Waals surface area contributed by atoms with Gasteiger partial charge in [0.2, 0.25) is 0 Å². The molecule has 0 aliphatic heterocycles. The molecule has 1 heterocycles. The van der Waals surface area contributed by atoms with E-state index >= 15 is 0 Å². The summed E-state index contributed by atoms with van der Waals surface area (Å²) in [5.74, 6) is -0.380. The molecular formula is C11H18N4O3. The van der Waals surface area contributed by atoms with E-state index in [2.05, 4.69) is 10.6 Å². The molecular weight excluding hydrogens is 236 g/mol. The molecule has 0 fully saturated rings. The molecule has 2 N–H and O–H groups in total. The molecule has 100 valence electrons. The number of aromatic nitrogens is 1. The molecule has 0 aliphatic carbocycles. The third-order valence-corrected chi connectivity index (χ3v) is 2.58. The average molecular weight is 254 g/mol. The molecule has 1 aromatic heterocycles. The predicted octanol–water partition coefficient (Wildman–Crippen LogP) is 0.663. The number of carbonyl (C=O) groups is 1. The van der Waals surface area contributed by atoms with E-state index in [1.165, 1.54) is 23.7 Å². The smallest absolute Gasteiger partial charge is 0.323 e. The van der Waals surface area contributed by atoms with Crippen LogP contribution in [0.5, 0.6) is 0 Å². The van der Waals surface area contributed by atoms with Crippen molar-refractivity contribution in [1.29, 1.82) is 0 Å². The summed E-state index contributed by atoms with van der Waals surface area (Å²) < 4.78 is 1.28. The molecule has 1 aromatic rings. The summed E-state index contributed by atoms with van der Waals surface area (Å²) in [6.45, 7) is 4.30. The van der Waals surface area contributed by atoms with E-state index in [-0.39, 0.29) is 11.7 Å². The lowest BCUT2D eigenvalue weighted by molar-refractivity contribution is -0.391. The van der Waals surface area contributed by atoms with Crippen molar-refractivity contribution in [2.75, 3.05) is 19.6 Å². The Morgan fingerprint density at radius 1 is 1.44 bits per heavy atom. The number of amides is 1. The SMILES string of the molecule is CCNCCCNC(=O)c1ccc([N+](=O)[O-])n1C. The Hall–Kier alpha value is -1.89. The third kappa shape index (κ3) is 3.56. The number of nitrogens with zero attached hydrogens (tertiary/aromatic N) is 2. The van der Waals surface area contributed by atoms with Crippen LogP contribution in [0.25, 0.3) is 0 Å². The second-order valence-electron chi connectivity index (χ2n) is 3.86. The van der Waals surface area contributed by atoms with Crippen LogP contribution in [-0.2, 0) is 7.05 Å². The highest BCUT2D eigenvalue weighted by atomic mass is 16.6. The van der Waals surface area contributed by atoms with Crippen molar-refractivity contribution >= 4 is 11.7 Å². The zero-order valence-corrected chi connectivity index (χ0v) is 10.6. The first-order valence-corrected chi connectivity index (χ1v) is 5.87. The van der Waals surface area contributed by atoms with Crippen molar-refractivity contribution in [1.82, 2.24) is 15.2 Å². The molecule has 7 nitrogen and oxygen atoms in total. The van der Waals surface area contributed by atoms with Gasteiger partial charge in [-0.2, -0.15) is 0 Å². The molecule has 1 rings (SSSR count). The first-order valence-electron chi connectivity index (χ1n) is 5.87. The molecule has 18 heavy (non-hydrogen) atoms. The first-order chi connectivity index (χ1) is 8.57. The van der Waals surface area contributed by atoms with Crippen LogP contribution in [0.1, 0.15) is 23.8 Å². The maximum atomic E-state index is 11.8. The van der Waals surface area contributed by atoms with Gasteiger partial charge in [-0.05, 0) is 30.5 Å². The minimum Gasteiger partial charge on any atom is -0.358 e. The van der Waals surface area contributed by atoms with Crippen LogP contribution in [0.3, 0.4) is 0 Å². The van der Waals surface area contributed by atoms with Crippen molar-refractivity contribution in [3.05, 3.63) is 27.9 Å². The lowest BCUT2D eigenvalue weighted by Gasteiger charge is -2.04. The summed E-state index contributed by atoms with van der Waals surface area (Å²) in [5, 5.41) is 16.5. The third-order valence-electron chi connectivity index (χ3n) is 2.58. The Morgan fingerprint density at radius 3 is 2.72 bits per heavy atom. The van der Waals surface area contributed by atoms with Gasteiger partial charge in [-0.1, -0.05) is 6.92 Å². The molecule has 1 amide bonds. The predicted molar refractivity (Wildman–Crippen MR) is 67.6 cm³/mol. The maximum Gasteiger partial charge on any atom is 0.323 e. The van der Waals surface area contributed by atoms with Gasteiger partial charge in [0.15, 0.2) is 5.69 Å². The lowest BCUT2D eigenvalue weighted by atomic mass is 10.3. The number of nitrogens with one attached hydrogen (secondary N) is 2. The summed E-state index contributed by atoms with van der Waals surface area (Å²) in [4.78, 5) is 21.9. The Morgan fingerprint density at radius 2 is 2.17 bits per heavy atom. The standard InChI is InChI=1S/C11H18N4O3/c1-3-12-7-4-8-13-11(16)9-5-6-10(14(9)2)15(17)18/h5-6,12H,3-4,7-8H2,1-2H3,(H,13,16). The number of hydrogen-bond acceptors (Lipinski definition) is 4. The fourth-order valence-corrected chi connectivity index (χ4v) is 1.59. The van der Waals surface area contributed by atoms with Crippen LogP contribution in [0.2, 0.25) is 0 Å². The van der Waals surface area contributed by atoms with Gasteiger partial charge in [0.05, 0.1) is 7.05 Å². The molecule has 0 aromatic carbocycles. The van der Waals surface area contributed by atoms with Gasteiger partial charge in [-0.15, -0.1) is 0 Å². The van der Waals surface area contributed by atoms with Crippen LogP contribution in [0.4, 0.5) is 5.82 Å². The van der Waals surface area contributed by atoms with Crippen LogP contribution >= 0.6 is 0 Å². The maximum absolute atomic E-state index is 11.8. The van der Waals surface area contributed by atoms with Gasteiger partial charge in [0, 0.05) is 12.6 Å². The van der Waals surface area contributed by atoms with Gasteiger partial charge in [-0.25, -0.2) is 4.57 Å². The van der Waals surface area contributed by atoms with Gasteiger partial charge in [0.25, 0.3) is 5.91 Å². The fourth-order valence-electron chi connectivity index (χ4n) is 1.59. The van der Waals surface area contributed by atoms with Gasteiger partial charge < -0.3 is 20.7 Å². The number of rotatable bonds is 7. The Bertz CT molecular complexity index is 428. The van der Waals surface area contributed by atoms with Crippen molar-refractivity contribution in [3.63, 3.8) is 0 Å². The Kier molecular flexibility index (Phi) is 5.31. The average Bonchev–Trinajstić information content (AvgIpc) is 2.70. The molecule has 0 radical (unpaired) electrons. The van der Waals surface area contributed by atoms with E-state index in [1.54, 1.807) is 0 Å². The zero-order valence-electron chi connectivity index (χ0n) is 10.6. The van der Waals surface area contributed by atoms with Crippen LogP contribution < -0.4 is 10.6 Å². The highest BCUT2D eigenvalue weighted by Gasteiger charge is 2.19. The van der Waals surface area contributed by atoms with Gasteiger partial charge >= 0.3 is 5.82 Å². The summed E-state index contributed by atoms with van der Waals surface area (Å²) in [6.07, 6.45) is 0.825. The minimum atomic E-state index is -0.512. The van der Waals surface area contributed by atoms with E-state index < -0.39 is 4.92 Å². The molecule has 0 atom stereocenters. The topological polar surface area (TPSA) is 89.2 Å². The summed E-state index contributed by atoms with van der Waals surface area (Å²) in [6, 6.07) is 2.78. The number of hydrogen-bond donors (Lipinski definition) is 2. The molecule has 0 aliphatic rings. The molecule has 0 unspecified atom stereocenters. The summed E-state index contributed by atoms with van der Waals surface area (Å²) in [7, 11) is 1.51. The largest absolute Gasteiger partial charge is 0.358 e. The fraction of sp³-hybridized carbons (Fsp3) is 0.545. The molecule has 0 saturated carbocycles. The van der Waals surface area contributed by atoms with Crippen LogP contribution in [0, 0.1) is 10.1 Å². The van der Waals surface area contributed by atoms with Gasteiger partial charge in [-0.3, -0.25) is 4.79 Å². The van der Waals surface area contributed by atoms with Crippen molar-refractivity contribution in [2.45, 2.75) is 13.3 Å². The van der Waals surface area contributed by atoms with E-state index in [4.69, 9.17) is 0 Å². The Labute approximate surface area is 105 Å². The normalized spacial score (nSPS) is 10.3. The molecule has 0 spiro atoms.